The average molecular weight is 220 g/mol. The molecule has 4 heteroatoms. The standard InChI is InChI=1S/C11H12N2OS/c1-15-10-4-2-9(3-5-10)6-7-13-11(14)8-12/h2-5H,6-7H2,1H3,(H,13,14). The van der Waals surface area contributed by atoms with Crippen molar-refractivity contribution in [1.82, 2.24) is 5.32 Å². The molecule has 0 heterocycles. The zero-order valence-corrected chi connectivity index (χ0v) is 9.30. The van der Waals surface area contributed by atoms with Gasteiger partial charge in [-0.2, -0.15) is 5.26 Å². The Labute approximate surface area is 93.5 Å². The maximum Gasteiger partial charge on any atom is 0.322 e. The van der Waals surface area contributed by atoms with Crippen molar-refractivity contribution in [3.8, 4) is 6.07 Å². The molecule has 0 aromatic heterocycles. The second-order valence-electron chi connectivity index (χ2n) is 2.97. The highest BCUT2D eigenvalue weighted by molar-refractivity contribution is 7.98. The Kier molecular flexibility index (Phi) is 4.72. The van der Waals surface area contributed by atoms with Gasteiger partial charge < -0.3 is 5.32 Å². The third-order valence-electron chi connectivity index (χ3n) is 1.96. The first-order valence-electron chi connectivity index (χ1n) is 4.57. The molecule has 1 aromatic carbocycles. The van der Waals surface area contributed by atoms with E-state index in [1.165, 1.54) is 11.0 Å². The molecule has 0 spiro atoms. The van der Waals surface area contributed by atoms with E-state index in [0.717, 1.165) is 12.0 Å². The molecule has 3 nitrogen and oxygen atoms in total. The lowest BCUT2D eigenvalue weighted by molar-refractivity contribution is -0.115. The van der Waals surface area contributed by atoms with E-state index in [1.807, 2.05) is 30.5 Å². The van der Waals surface area contributed by atoms with E-state index in [2.05, 4.69) is 5.32 Å². The summed E-state index contributed by atoms with van der Waals surface area (Å²) in [6.07, 6.45) is 2.78. The number of nitriles is 1. The molecule has 0 fully saturated rings. The van der Waals surface area contributed by atoms with Crippen molar-refractivity contribution in [1.29, 1.82) is 5.26 Å². The summed E-state index contributed by atoms with van der Waals surface area (Å²) in [5.41, 5.74) is 1.16. The predicted octanol–water partition coefficient (Wildman–Crippen LogP) is 1.59. The molecule has 1 N–H and O–H groups in total. The smallest absolute Gasteiger partial charge is 0.322 e. The molecule has 0 atom stereocenters. The number of hydrogen-bond acceptors (Lipinski definition) is 3. The Morgan fingerprint density at radius 2 is 2.13 bits per heavy atom. The van der Waals surface area contributed by atoms with Gasteiger partial charge in [0.15, 0.2) is 6.07 Å². The Bertz CT molecular complexity index is 367. The van der Waals surface area contributed by atoms with Gasteiger partial charge in [0.1, 0.15) is 0 Å². The number of amides is 1. The number of nitrogens with one attached hydrogen (secondary N) is 1. The summed E-state index contributed by atoms with van der Waals surface area (Å²) in [4.78, 5) is 11.8. The normalized spacial score (nSPS) is 9.33. The lowest BCUT2D eigenvalue weighted by Gasteiger charge is -2.02. The van der Waals surface area contributed by atoms with Crippen LogP contribution in [0.2, 0.25) is 0 Å². The number of carbonyl (C=O) groups excluding carboxylic acids is 1. The molecule has 0 saturated heterocycles. The summed E-state index contributed by atoms with van der Waals surface area (Å²) >= 11 is 1.70. The highest BCUT2D eigenvalue weighted by Crippen LogP contribution is 2.14. The van der Waals surface area contributed by atoms with Crippen molar-refractivity contribution >= 4 is 17.7 Å². The molecule has 1 amide bonds. The van der Waals surface area contributed by atoms with Crippen molar-refractivity contribution in [3.63, 3.8) is 0 Å². The van der Waals surface area contributed by atoms with Gasteiger partial charge in [-0.3, -0.25) is 4.79 Å². The minimum absolute atomic E-state index is 0.505. The summed E-state index contributed by atoms with van der Waals surface area (Å²) in [5, 5.41) is 10.7. The SMILES string of the molecule is CSc1ccc(CCNC(=O)C#N)cc1. The van der Waals surface area contributed by atoms with Crippen molar-refractivity contribution in [2.24, 2.45) is 0 Å². The van der Waals surface area contributed by atoms with Crippen LogP contribution in [0.3, 0.4) is 0 Å². The van der Waals surface area contributed by atoms with Crippen molar-refractivity contribution in [2.45, 2.75) is 11.3 Å². The second-order valence-corrected chi connectivity index (χ2v) is 3.85. The first kappa shape index (κ1) is 11.6. The molecular weight excluding hydrogens is 208 g/mol. The first-order valence-corrected chi connectivity index (χ1v) is 5.79. The quantitative estimate of drug-likeness (QED) is 0.619. The molecule has 0 aliphatic heterocycles. The van der Waals surface area contributed by atoms with Gasteiger partial charge in [-0.15, -0.1) is 11.8 Å². The van der Waals surface area contributed by atoms with Crippen LogP contribution in [0.4, 0.5) is 0 Å². The third-order valence-corrected chi connectivity index (χ3v) is 2.70. The van der Waals surface area contributed by atoms with Gasteiger partial charge in [-0.1, -0.05) is 12.1 Å². The third kappa shape index (κ3) is 4.05. The van der Waals surface area contributed by atoms with E-state index in [1.54, 1.807) is 11.8 Å². The zero-order chi connectivity index (χ0) is 11.1. The van der Waals surface area contributed by atoms with Crippen LogP contribution in [-0.2, 0) is 11.2 Å². The highest BCUT2D eigenvalue weighted by Gasteiger charge is 1.97. The van der Waals surface area contributed by atoms with Gasteiger partial charge in [-0.25, -0.2) is 0 Å². The van der Waals surface area contributed by atoms with Gasteiger partial charge in [-0.05, 0) is 30.4 Å². The molecule has 0 bridgehead atoms. The van der Waals surface area contributed by atoms with Gasteiger partial charge in [0, 0.05) is 11.4 Å². The van der Waals surface area contributed by atoms with Crippen LogP contribution in [-0.4, -0.2) is 18.7 Å². The monoisotopic (exact) mass is 220 g/mol. The molecule has 0 unspecified atom stereocenters. The van der Waals surface area contributed by atoms with Crippen molar-refractivity contribution < 1.29 is 4.79 Å². The molecule has 78 valence electrons. The largest absolute Gasteiger partial charge is 0.343 e. The van der Waals surface area contributed by atoms with E-state index in [-0.39, 0.29) is 0 Å². The predicted molar refractivity (Wildman–Crippen MR) is 60.5 cm³/mol. The lowest BCUT2D eigenvalue weighted by Crippen LogP contribution is -2.23. The van der Waals surface area contributed by atoms with E-state index in [9.17, 15) is 4.79 Å². The van der Waals surface area contributed by atoms with Crippen LogP contribution in [0.25, 0.3) is 0 Å². The van der Waals surface area contributed by atoms with E-state index in [4.69, 9.17) is 5.26 Å². The summed E-state index contributed by atoms with van der Waals surface area (Å²) in [6.45, 7) is 0.505. The van der Waals surface area contributed by atoms with Gasteiger partial charge in [0.05, 0.1) is 0 Å². The average Bonchev–Trinajstić information content (AvgIpc) is 2.29. The fraction of sp³-hybridized carbons (Fsp3) is 0.273. The Balaban J connectivity index is 2.38. The lowest BCUT2D eigenvalue weighted by atomic mass is 10.1. The van der Waals surface area contributed by atoms with Gasteiger partial charge >= 0.3 is 5.91 Å². The zero-order valence-electron chi connectivity index (χ0n) is 8.49. The minimum Gasteiger partial charge on any atom is -0.343 e. The first-order chi connectivity index (χ1) is 7.26. The fourth-order valence-electron chi connectivity index (χ4n) is 1.15. The van der Waals surface area contributed by atoms with Crippen LogP contribution in [0, 0.1) is 11.3 Å². The Hall–Kier alpha value is -1.47. The molecule has 0 radical (unpaired) electrons. The van der Waals surface area contributed by atoms with E-state index in [0.29, 0.717) is 6.54 Å². The molecule has 15 heavy (non-hydrogen) atoms. The van der Waals surface area contributed by atoms with E-state index >= 15 is 0 Å². The van der Waals surface area contributed by atoms with Crippen molar-refractivity contribution in [2.75, 3.05) is 12.8 Å². The van der Waals surface area contributed by atoms with Crippen LogP contribution in [0.5, 0.6) is 0 Å². The van der Waals surface area contributed by atoms with Gasteiger partial charge in [0.2, 0.25) is 0 Å². The summed E-state index contributed by atoms with van der Waals surface area (Å²) < 4.78 is 0. The molecule has 1 rings (SSSR count). The Morgan fingerprint density at radius 3 is 2.67 bits per heavy atom. The number of benzene rings is 1. The number of rotatable bonds is 4. The molecule has 0 aliphatic carbocycles. The van der Waals surface area contributed by atoms with Crippen LogP contribution in [0.15, 0.2) is 29.2 Å². The fourth-order valence-corrected chi connectivity index (χ4v) is 1.56. The highest BCUT2D eigenvalue weighted by atomic mass is 32.2. The topological polar surface area (TPSA) is 52.9 Å². The number of hydrogen-bond donors (Lipinski definition) is 1. The summed E-state index contributed by atoms with van der Waals surface area (Å²) in [7, 11) is 0. The van der Waals surface area contributed by atoms with E-state index < -0.39 is 5.91 Å². The molecular formula is C11H12N2OS. The molecule has 0 aliphatic rings. The Morgan fingerprint density at radius 1 is 1.47 bits per heavy atom. The summed E-state index contributed by atoms with van der Waals surface area (Å²) in [5.74, 6) is -0.573. The summed E-state index contributed by atoms with van der Waals surface area (Å²) in [6, 6.07) is 9.68. The minimum atomic E-state index is -0.573. The number of thioether (sulfide) groups is 1. The molecule has 1 aromatic rings. The molecule has 0 saturated carbocycles. The van der Waals surface area contributed by atoms with Crippen molar-refractivity contribution in [3.05, 3.63) is 29.8 Å². The second kappa shape index (κ2) is 6.10. The van der Waals surface area contributed by atoms with Gasteiger partial charge in [0.25, 0.3) is 0 Å². The van der Waals surface area contributed by atoms with Crippen LogP contribution < -0.4 is 5.32 Å². The maximum absolute atomic E-state index is 10.6. The van der Waals surface area contributed by atoms with Crippen LogP contribution in [0.1, 0.15) is 5.56 Å². The maximum atomic E-state index is 10.6. The van der Waals surface area contributed by atoms with Crippen LogP contribution >= 0.6 is 11.8 Å². The number of carbonyl (C=O) groups is 1. The number of nitrogens with zero attached hydrogens (tertiary/aromatic N) is 1.